The maximum atomic E-state index is 11.3. The van der Waals surface area contributed by atoms with E-state index in [4.69, 9.17) is 19.6 Å². The summed E-state index contributed by atoms with van der Waals surface area (Å²) in [6, 6.07) is 12.0. The predicted octanol–water partition coefficient (Wildman–Crippen LogP) is 2.49. The van der Waals surface area contributed by atoms with Crippen molar-refractivity contribution in [3.05, 3.63) is 53.1 Å². The highest BCUT2D eigenvalue weighted by Crippen LogP contribution is 2.64. The van der Waals surface area contributed by atoms with Gasteiger partial charge in [-0.2, -0.15) is 0 Å². The molecule has 0 unspecified atom stereocenters. The Morgan fingerprint density at radius 1 is 0.850 bits per heavy atom. The van der Waals surface area contributed by atoms with Gasteiger partial charge in [0.15, 0.2) is 5.06 Å². The molecule has 0 heterocycles. The van der Waals surface area contributed by atoms with Gasteiger partial charge in [0.1, 0.15) is 0 Å². The number of rotatable bonds is 3. The van der Waals surface area contributed by atoms with Crippen LogP contribution >= 0.6 is 15.2 Å². The van der Waals surface area contributed by atoms with Crippen LogP contribution in [-0.4, -0.2) is 19.6 Å². The van der Waals surface area contributed by atoms with E-state index >= 15 is 0 Å². The molecule has 2 aromatic rings. The normalized spacial score (nSPS) is 12.4. The van der Waals surface area contributed by atoms with Crippen LogP contribution < -0.4 is 0 Å². The Morgan fingerprint density at radius 2 is 1.40 bits per heavy atom. The molecule has 4 N–H and O–H groups in total. The SMILES string of the molecule is O=P(O)(O)C(=Cc1cccc2ccccc12)P(=O)(O)O. The molecule has 2 aromatic carbocycles. The van der Waals surface area contributed by atoms with E-state index in [-0.39, 0.29) is 0 Å². The first-order valence-corrected chi connectivity index (χ1v) is 8.74. The van der Waals surface area contributed by atoms with Crippen molar-refractivity contribution < 1.29 is 28.7 Å². The lowest BCUT2D eigenvalue weighted by atomic mass is 10.1. The van der Waals surface area contributed by atoms with Crippen LogP contribution in [0.4, 0.5) is 0 Å². The zero-order valence-corrected chi connectivity index (χ0v) is 11.9. The lowest BCUT2D eigenvalue weighted by molar-refractivity contribution is 0.368. The van der Waals surface area contributed by atoms with Crippen LogP contribution in [0.15, 0.2) is 47.5 Å². The molecule has 0 aliphatic rings. The van der Waals surface area contributed by atoms with E-state index in [1.165, 1.54) is 6.07 Å². The molecular weight excluding hydrogens is 302 g/mol. The molecule has 0 fully saturated rings. The standard InChI is InChI=1S/C12H12O6P2/c13-19(14,15)12(20(16,17)18)8-10-6-3-5-9-4-1-2-7-11(9)10/h1-8H,(H2,13,14,15)(H2,16,17,18). The minimum absolute atomic E-state index is 0.338. The van der Waals surface area contributed by atoms with Crippen LogP contribution in [0.2, 0.25) is 0 Å². The van der Waals surface area contributed by atoms with E-state index in [9.17, 15) is 9.13 Å². The van der Waals surface area contributed by atoms with E-state index in [1.54, 1.807) is 36.4 Å². The lowest BCUT2D eigenvalue weighted by Crippen LogP contribution is -1.89. The first-order valence-electron chi connectivity index (χ1n) is 5.51. The van der Waals surface area contributed by atoms with Crippen molar-refractivity contribution in [2.75, 3.05) is 0 Å². The Balaban J connectivity index is 2.73. The van der Waals surface area contributed by atoms with Gasteiger partial charge < -0.3 is 19.6 Å². The number of fused-ring (bicyclic) bond motifs is 1. The molecule has 106 valence electrons. The van der Waals surface area contributed by atoms with E-state index < -0.39 is 20.2 Å². The number of hydrogen-bond acceptors (Lipinski definition) is 2. The molecule has 0 aromatic heterocycles. The van der Waals surface area contributed by atoms with Gasteiger partial charge in [0.05, 0.1) is 0 Å². The minimum atomic E-state index is -5.04. The molecule has 6 nitrogen and oxygen atoms in total. The summed E-state index contributed by atoms with van der Waals surface area (Å²) < 4.78 is 22.5. The zero-order valence-electron chi connectivity index (χ0n) is 10.1. The summed E-state index contributed by atoms with van der Waals surface area (Å²) in [5.74, 6) is 0. The monoisotopic (exact) mass is 314 g/mol. The summed E-state index contributed by atoms with van der Waals surface area (Å²) in [4.78, 5) is 36.4. The fourth-order valence-electron chi connectivity index (χ4n) is 1.85. The summed E-state index contributed by atoms with van der Waals surface area (Å²) >= 11 is 0. The summed E-state index contributed by atoms with van der Waals surface area (Å²) in [6.45, 7) is 0. The minimum Gasteiger partial charge on any atom is -0.321 e. The maximum absolute atomic E-state index is 11.3. The summed E-state index contributed by atoms with van der Waals surface area (Å²) in [6.07, 6.45) is 0.865. The van der Waals surface area contributed by atoms with Crippen LogP contribution in [0.5, 0.6) is 0 Å². The van der Waals surface area contributed by atoms with Crippen molar-refractivity contribution in [1.82, 2.24) is 0 Å². The lowest BCUT2D eigenvalue weighted by Gasteiger charge is -2.11. The molecule has 0 aliphatic carbocycles. The Bertz CT molecular complexity index is 741. The van der Waals surface area contributed by atoms with Gasteiger partial charge in [-0.3, -0.25) is 9.13 Å². The summed E-state index contributed by atoms with van der Waals surface area (Å²) in [5, 5.41) is 0.271. The summed E-state index contributed by atoms with van der Waals surface area (Å²) in [5.41, 5.74) is 0.338. The molecule has 8 heteroatoms. The van der Waals surface area contributed by atoms with Gasteiger partial charge in [-0.25, -0.2) is 0 Å². The number of hydrogen-bond donors (Lipinski definition) is 4. The Morgan fingerprint density at radius 3 is 2.00 bits per heavy atom. The van der Waals surface area contributed by atoms with Gasteiger partial charge in [0, 0.05) is 0 Å². The molecule has 0 radical (unpaired) electrons. The molecule has 0 atom stereocenters. The molecule has 20 heavy (non-hydrogen) atoms. The van der Waals surface area contributed by atoms with E-state index in [2.05, 4.69) is 0 Å². The van der Waals surface area contributed by atoms with Gasteiger partial charge in [-0.15, -0.1) is 0 Å². The molecule has 0 bridgehead atoms. The molecule has 0 spiro atoms. The van der Waals surface area contributed by atoms with Crippen molar-refractivity contribution in [3.8, 4) is 0 Å². The van der Waals surface area contributed by atoms with Crippen LogP contribution in [-0.2, 0) is 9.13 Å². The molecule has 0 saturated carbocycles. The van der Waals surface area contributed by atoms with Gasteiger partial charge >= 0.3 is 15.2 Å². The quantitative estimate of drug-likeness (QED) is 0.647. The van der Waals surface area contributed by atoms with E-state index in [0.29, 0.717) is 10.9 Å². The molecule has 0 aliphatic heterocycles. The van der Waals surface area contributed by atoms with Crippen LogP contribution in [0.3, 0.4) is 0 Å². The fraction of sp³-hybridized carbons (Fsp3) is 0. The highest BCUT2D eigenvalue weighted by atomic mass is 31.2. The van der Waals surface area contributed by atoms with Crippen LogP contribution in [0.25, 0.3) is 16.8 Å². The Hall–Kier alpha value is -1.26. The second-order valence-electron chi connectivity index (χ2n) is 4.16. The fourth-order valence-corrected chi connectivity index (χ4v) is 3.83. The molecule has 2 rings (SSSR count). The van der Waals surface area contributed by atoms with Crippen LogP contribution in [0, 0.1) is 0 Å². The van der Waals surface area contributed by atoms with Gasteiger partial charge in [0.2, 0.25) is 0 Å². The number of benzene rings is 2. The zero-order chi connectivity index (χ0) is 15.0. The van der Waals surface area contributed by atoms with Gasteiger partial charge in [-0.1, -0.05) is 42.5 Å². The second-order valence-corrected chi connectivity index (χ2v) is 7.65. The van der Waals surface area contributed by atoms with E-state index in [0.717, 1.165) is 11.5 Å². The third-order valence-electron chi connectivity index (χ3n) is 2.70. The van der Waals surface area contributed by atoms with E-state index in [1.807, 2.05) is 0 Å². The first-order chi connectivity index (χ1) is 9.19. The van der Waals surface area contributed by atoms with Crippen molar-refractivity contribution in [3.63, 3.8) is 0 Å². The maximum Gasteiger partial charge on any atom is 0.364 e. The molecule has 0 amide bonds. The topological polar surface area (TPSA) is 115 Å². The second kappa shape index (κ2) is 5.26. The largest absolute Gasteiger partial charge is 0.364 e. The highest BCUT2D eigenvalue weighted by molar-refractivity contribution is 7.77. The average molecular weight is 314 g/mol. The van der Waals surface area contributed by atoms with Gasteiger partial charge in [0.25, 0.3) is 0 Å². The highest BCUT2D eigenvalue weighted by Gasteiger charge is 2.36. The summed E-state index contributed by atoms with van der Waals surface area (Å²) in [7, 11) is -10.1. The Kier molecular flexibility index (Phi) is 3.98. The molecular formula is C12H12O6P2. The van der Waals surface area contributed by atoms with Crippen LogP contribution in [0.1, 0.15) is 5.56 Å². The third kappa shape index (κ3) is 3.25. The third-order valence-corrected chi connectivity index (χ3v) is 5.72. The van der Waals surface area contributed by atoms with Crippen molar-refractivity contribution in [2.45, 2.75) is 0 Å². The predicted molar refractivity (Wildman–Crippen MR) is 76.0 cm³/mol. The smallest absolute Gasteiger partial charge is 0.321 e. The van der Waals surface area contributed by atoms with Crippen molar-refractivity contribution in [1.29, 1.82) is 0 Å². The van der Waals surface area contributed by atoms with Crippen molar-refractivity contribution in [2.24, 2.45) is 0 Å². The van der Waals surface area contributed by atoms with Crippen molar-refractivity contribution >= 4 is 32.0 Å². The van der Waals surface area contributed by atoms with Gasteiger partial charge in [-0.05, 0) is 22.4 Å². The molecule has 0 saturated heterocycles. The Labute approximate surface area is 114 Å². The first kappa shape index (κ1) is 15.1. The average Bonchev–Trinajstić information content (AvgIpc) is 2.33.